The van der Waals surface area contributed by atoms with Crippen LogP contribution in [-0.4, -0.2) is 22.5 Å². The summed E-state index contributed by atoms with van der Waals surface area (Å²) in [4.78, 5) is 40.0. The number of carbonyl (C=O) groups is 3. The summed E-state index contributed by atoms with van der Waals surface area (Å²) < 4.78 is 14.3. The molecule has 0 atom stereocenters. The van der Waals surface area contributed by atoms with Crippen molar-refractivity contribution in [3.8, 4) is 0 Å². The number of thioether (sulfide) groups is 1. The topological polar surface area (TPSA) is 87.3 Å². The molecule has 0 heterocycles. The van der Waals surface area contributed by atoms with Crippen molar-refractivity contribution in [3.05, 3.63) is 129 Å². The maximum Gasteiger partial charge on any atom is 0.272 e. The molecule has 0 aliphatic heterocycles. The largest absolute Gasteiger partial charge is 0.325 e. The van der Waals surface area contributed by atoms with E-state index in [1.807, 2.05) is 20.8 Å². The van der Waals surface area contributed by atoms with Crippen LogP contribution in [0, 0.1) is 12.7 Å². The Kier molecular flexibility index (Phi) is 10.4. The maximum atomic E-state index is 14.5. The lowest BCUT2D eigenvalue weighted by Crippen LogP contribution is -2.34. The van der Waals surface area contributed by atoms with Crippen LogP contribution in [0.4, 0.5) is 15.8 Å². The van der Waals surface area contributed by atoms with E-state index in [-0.39, 0.29) is 17.2 Å². The van der Waals surface area contributed by atoms with E-state index in [9.17, 15) is 18.8 Å². The van der Waals surface area contributed by atoms with E-state index in [2.05, 4.69) is 31.9 Å². The van der Waals surface area contributed by atoms with Crippen molar-refractivity contribution in [2.75, 3.05) is 10.6 Å². The number of carbonyl (C=O) groups excluding carboxylic acids is 3. The highest BCUT2D eigenvalue weighted by Crippen LogP contribution is 2.35. The minimum atomic E-state index is -0.828. The molecule has 0 saturated carbocycles. The van der Waals surface area contributed by atoms with Crippen molar-refractivity contribution in [2.45, 2.75) is 30.4 Å². The summed E-state index contributed by atoms with van der Waals surface area (Å²) in [6, 6.07) is 25.0. The Hall–Kier alpha value is -3.92. The number of hydrogen-bond acceptors (Lipinski definition) is 4. The fourth-order valence-electron chi connectivity index (χ4n) is 3.88. The minimum Gasteiger partial charge on any atom is -0.325 e. The summed E-state index contributed by atoms with van der Waals surface area (Å²) in [5, 5.41) is 8.87. The molecule has 0 unspecified atom stereocenters. The molecule has 220 valence electrons. The van der Waals surface area contributed by atoms with E-state index in [0.29, 0.717) is 26.4 Å². The van der Waals surface area contributed by atoms with Gasteiger partial charge in [-0.3, -0.25) is 14.4 Å². The number of halogens is 3. The lowest BCUT2D eigenvalue weighted by atomic mass is 10.1. The first-order valence-corrected chi connectivity index (χ1v) is 15.1. The van der Waals surface area contributed by atoms with E-state index < -0.39 is 22.4 Å². The second-order valence-corrected chi connectivity index (χ2v) is 13.0. The van der Waals surface area contributed by atoms with Gasteiger partial charge in [-0.1, -0.05) is 51.8 Å². The Bertz CT molecular complexity index is 1700. The molecule has 0 saturated heterocycles. The van der Waals surface area contributed by atoms with Gasteiger partial charge < -0.3 is 16.0 Å². The third kappa shape index (κ3) is 8.56. The van der Waals surface area contributed by atoms with E-state index >= 15 is 0 Å². The Morgan fingerprint density at radius 2 is 1.60 bits per heavy atom. The highest BCUT2D eigenvalue weighted by Gasteiger charge is 2.29. The molecule has 0 aliphatic carbocycles. The summed E-state index contributed by atoms with van der Waals surface area (Å²) in [6.45, 7) is 5.47. The van der Waals surface area contributed by atoms with Gasteiger partial charge in [-0.25, -0.2) is 4.39 Å². The molecule has 43 heavy (non-hydrogen) atoms. The highest BCUT2D eigenvalue weighted by molar-refractivity contribution is 9.10. The number of amides is 3. The normalized spacial score (nSPS) is 11.5. The van der Waals surface area contributed by atoms with Crippen LogP contribution in [0.5, 0.6) is 0 Å². The summed E-state index contributed by atoms with van der Waals surface area (Å²) >= 11 is 10.9. The van der Waals surface area contributed by atoms with Crippen LogP contribution in [0.3, 0.4) is 0 Å². The average molecular weight is 681 g/mol. The van der Waals surface area contributed by atoms with Crippen LogP contribution >= 0.6 is 39.3 Å². The van der Waals surface area contributed by atoms with Gasteiger partial charge in [0.1, 0.15) is 11.5 Å². The summed E-state index contributed by atoms with van der Waals surface area (Å²) in [7, 11) is 0. The number of rotatable bonds is 9. The first-order chi connectivity index (χ1) is 20.4. The molecule has 10 heteroatoms. The Balaban J connectivity index is 1.49. The molecule has 0 aromatic heterocycles. The van der Waals surface area contributed by atoms with E-state index in [1.165, 1.54) is 36.0 Å². The molecule has 4 rings (SSSR count). The van der Waals surface area contributed by atoms with Crippen molar-refractivity contribution in [1.82, 2.24) is 5.32 Å². The van der Waals surface area contributed by atoms with E-state index in [4.69, 9.17) is 11.6 Å². The molecule has 6 nitrogen and oxygen atoms in total. The second-order valence-electron chi connectivity index (χ2n) is 10.0. The standard InChI is InChI=1S/C33H28BrClFN3O3S/c1-20-26(35)10-7-11-28(20)39-32(42)33(2,3)43-25-15-13-24(14-16-25)37-31(41)29(19-22-18-23(34)12-17-27(22)36)38-30(40)21-8-5-4-6-9-21/h4-19H,1-3H3,(H,37,41)(H,38,40)(H,39,42)/b29-19-. The molecule has 0 aliphatic rings. The number of benzene rings is 4. The van der Waals surface area contributed by atoms with Crippen LogP contribution in [0.1, 0.15) is 35.3 Å². The zero-order chi connectivity index (χ0) is 31.1. The lowest BCUT2D eigenvalue weighted by molar-refractivity contribution is -0.117. The molecule has 3 N–H and O–H groups in total. The van der Waals surface area contributed by atoms with Crippen LogP contribution in [0.15, 0.2) is 106 Å². The molecular weight excluding hydrogens is 653 g/mol. The quantitative estimate of drug-likeness (QED) is 0.122. The SMILES string of the molecule is Cc1c(Cl)cccc1NC(=O)C(C)(C)Sc1ccc(NC(=O)/C(=C/c2cc(Br)ccc2F)NC(=O)c2ccccc2)cc1. The predicted molar refractivity (Wildman–Crippen MR) is 176 cm³/mol. The Morgan fingerprint density at radius 1 is 0.907 bits per heavy atom. The third-order valence-corrected chi connectivity index (χ3v) is 8.44. The van der Waals surface area contributed by atoms with Crippen molar-refractivity contribution in [2.24, 2.45) is 0 Å². The molecule has 0 radical (unpaired) electrons. The van der Waals surface area contributed by atoms with Gasteiger partial charge in [-0.05, 0) is 99.1 Å². The van der Waals surface area contributed by atoms with Crippen molar-refractivity contribution in [3.63, 3.8) is 0 Å². The van der Waals surface area contributed by atoms with Gasteiger partial charge >= 0.3 is 0 Å². The minimum absolute atomic E-state index is 0.119. The summed E-state index contributed by atoms with van der Waals surface area (Å²) in [5.74, 6) is -1.90. The van der Waals surface area contributed by atoms with Crippen LogP contribution in [0.25, 0.3) is 6.08 Å². The molecule has 4 aromatic rings. The second kappa shape index (κ2) is 14.0. The number of hydrogen-bond donors (Lipinski definition) is 3. The van der Waals surface area contributed by atoms with E-state index in [1.54, 1.807) is 72.8 Å². The molecule has 0 spiro atoms. The molecule has 3 amide bonds. The average Bonchev–Trinajstić information content (AvgIpc) is 2.98. The van der Waals surface area contributed by atoms with Crippen molar-refractivity contribution < 1.29 is 18.8 Å². The monoisotopic (exact) mass is 679 g/mol. The smallest absolute Gasteiger partial charge is 0.272 e. The first kappa shape index (κ1) is 32.0. The third-order valence-electron chi connectivity index (χ3n) is 6.33. The van der Waals surface area contributed by atoms with Gasteiger partial charge in [0.15, 0.2) is 0 Å². The first-order valence-electron chi connectivity index (χ1n) is 13.1. The van der Waals surface area contributed by atoms with Gasteiger partial charge in [0, 0.05) is 36.9 Å². The van der Waals surface area contributed by atoms with E-state index in [0.717, 1.165) is 10.5 Å². The fraction of sp³-hybridized carbons (Fsp3) is 0.121. The molecular formula is C33H28BrClFN3O3S. The number of anilines is 2. The fourth-order valence-corrected chi connectivity index (χ4v) is 5.44. The van der Waals surface area contributed by atoms with Crippen molar-refractivity contribution in [1.29, 1.82) is 0 Å². The molecule has 4 aromatic carbocycles. The van der Waals surface area contributed by atoms with Gasteiger partial charge in [0.25, 0.3) is 11.8 Å². The lowest BCUT2D eigenvalue weighted by Gasteiger charge is -2.24. The van der Waals surface area contributed by atoms with Gasteiger partial charge in [0.2, 0.25) is 5.91 Å². The van der Waals surface area contributed by atoms with Crippen LogP contribution in [0.2, 0.25) is 5.02 Å². The zero-order valence-electron chi connectivity index (χ0n) is 23.5. The van der Waals surface area contributed by atoms with Gasteiger partial charge in [0.05, 0.1) is 4.75 Å². The Morgan fingerprint density at radius 3 is 2.30 bits per heavy atom. The van der Waals surface area contributed by atoms with Gasteiger partial charge in [-0.15, -0.1) is 11.8 Å². The molecule has 0 bridgehead atoms. The predicted octanol–water partition coefficient (Wildman–Crippen LogP) is 8.47. The summed E-state index contributed by atoms with van der Waals surface area (Å²) in [5.41, 5.74) is 2.20. The highest BCUT2D eigenvalue weighted by atomic mass is 79.9. The summed E-state index contributed by atoms with van der Waals surface area (Å²) in [6.07, 6.45) is 1.28. The maximum absolute atomic E-state index is 14.5. The number of nitrogens with one attached hydrogen (secondary N) is 3. The molecule has 0 fully saturated rings. The van der Waals surface area contributed by atoms with Crippen molar-refractivity contribution >= 4 is 74.5 Å². The van der Waals surface area contributed by atoms with Crippen LogP contribution < -0.4 is 16.0 Å². The van der Waals surface area contributed by atoms with Crippen LogP contribution in [-0.2, 0) is 9.59 Å². The Labute approximate surface area is 267 Å². The zero-order valence-corrected chi connectivity index (χ0v) is 26.7. The van der Waals surface area contributed by atoms with Gasteiger partial charge in [-0.2, -0.15) is 0 Å².